The van der Waals surface area contributed by atoms with Crippen molar-refractivity contribution < 1.29 is 0 Å². The van der Waals surface area contributed by atoms with Crippen LogP contribution in [0.15, 0.2) is 36.9 Å². The van der Waals surface area contributed by atoms with Crippen LogP contribution in [0.5, 0.6) is 0 Å². The highest BCUT2D eigenvalue weighted by atomic mass is 14.6. The Morgan fingerprint density at radius 1 is 1.36 bits per heavy atom. The predicted octanol–water partition coefficient (Wildman–Crippen LogP) is 2.18. The molecular formula is C10H13N. The Labute approximate surface area is 67.5 Å². The molecule has 2 N–H and O–H groups in total. The second-order valence-electron chi connectivity index (χ2n) is 2.67. The van der Waals surface area contributed by atoms with E-state index in [4.69, 9.17) is 5.73 Å². The van der Waals surface area contributed by atoms with E-state index in [2.05, 4.69) is 25.6 Å². The lowest BCUT2D eigenvalue weighted by atomic mass is 10.1. The lowest BCUT2D eigenvalue weighted by molar-refractivity contribution is 0.913. The summed E-state index contributed by atoms with van der Waals surface area (Å²) in [5, 5.41) is 0. The molecule has 1 aromatic rings. The average molecular weight is 147 g/mol. The molecule has 11 heavy (non-hydrogen) atoms. The molecule has 0 amide bonds. The number of hydrogen-bond acceptors (Lipinski definition) is 1. The minimum absolute atomic E-state index is 0.0319. The molecule has 0 fully saturated rings. The van der Waals surface area contributed by atoms with Crippen molar-refractivity contribution in [3.63, 3.8) is 0 Å². The zero-order valence-electron chi connectivity index (χ0n) is 6.75. The molecule has 0 aliphatic heterocycles. The van der Waals surface area contributed by atoms with Crippen LogP contribution in [0.2, 0.25) is 0 Å². The topological polar surface area (TPSA) is 26.0 Å². The summed E-state index contributed by atoms with van der Waals surface area (Å²) in [4.78, 5) is 0. The van der Waals surface area contributed by atoms with Gasteiger partial charge in [-0.1, -0.05) is 35.9 Å². The summed E-state index contributed by atoms with van der Waals surface area (Å²) in [5.41, 5.74) is 8.10. The minimum atomic E-state index is -0.0319. The Hall–Kier alpha value is -1.08. The van der Waals surface area contributed by atoms with Crippen molar-refractivity contribution in [3.05, 3.63) is 48.0 Å². The van der Waals surface area contributed by atoms with E-state index in [1.165, 1.54) is 5.56 Å². The number of nitrogens with two attached hydrogens (primary N) is 1. The SMILES string of the molecule is C=C[C@H](N)c1ccc(C)cc1. The largest absolute Gasteiger partial charge is 0.321 e. The second kappa shape index (κ2) is 3.35. The van der Waals surface area contributed by atoms with E-state index in [1.54, 1.807) is 6.08 Å². The van der Waals surface area contributed by atoms with Crippen molar-refractivity contribution >= 4 is 0 Å². The van der Waals surface area contributed by atoms with Crippen molar-refractivity contribution in [2.45, 2.75) is 13.0 Å². The van der Waals surface area contributed by atoms with Crippen LogP contribution in [0.4, 0.5) is 0 Å². The first-order valence-corrected chi connectivity index (χ1v) is 3.68. The van der Waals surface area contributed by atoms with Gasteiger partial charge in [-0.2, -0.15) is 0 Å². The fourth-order valence-corrected chi connectivity index (χ4v) is 0.925. The fraction of sp³-hybridized carbons (Fsp3) is 0.200. The molecule has 1 atom stereocenters. The van der Waals surface area contributed by atoms with E-state index in [-0.39, 0.29) is 6.04 Å². The van der Waals surface area contributed by atoms with Crippen molar-refractivity contribution in [1.82, 2.24) is 0 Å². The first-order chi connectivity index (χ1) is 5.24. The van der Waals surface area contributed by atoms with E-state index in [1.807, 2.05) is 12.1 Å². The number of benzene rings is 1. The first kappa shape index (κ1) is 8.02. The molecular weight excluding hydrogens is 134 g/mol. The molecule has 0 saturated heterocycles. The third-order valence-corrected chi connectivity index (χ3v) is 1.72. The van der Waals surface area contributed by atoms with E-state index in [9.17, 15) is 0 Å². The van der Waals surface area contributed by atoms with Gasteiger partial charge >= 0.3 is 0 Å². The third kappa shape index (κ3) is 1.92. The van der Waals surface area contributed by atoms with Crippen LogP contribution in [0, 0.1) is 6.92 Å². The molecule has 0 saturated carbocycles. The van der Waals surface area contributed by atoms with Crippen molar-refractivity contribution in [1.29, 1.82) is 0 Å². The number of aryl methyl sites for hydroxylation is 1. The van der Waals surface area contributed by atoms with Crippen LogP contribution >= 0.6 is 0 Å². The molecule has 1 rings (SSSR count). The number of rotatable bonds is 2. The van der Waals surface area contributed by atoms with Crippen LogP contribution in [0.1, 0.15) is 17.2 Å². The monoisotopic (exact) mass is 147 g/mol. The number of hydrogen-bond donors (Lipinski definition) is 1. The van der Waals surface area contributed by atoms with E-state index >= 15 is 0 Å². The Morgan fingerprint density at radius 3 is 2.36 bits per heavy atom. The average Bonchev–Trinajstić information content (AvgIpc) is 2.05. The summed E-state index contributed by atoms with van der Waals surface area (Å²) in [6.07, 6.45) is 1.74. The second-order valence-corrected chi connectivity index (χ2v) is 2.67. The summed E-state index contributed by atoms with van der Waals surface area (Å²) >= 11 is 0. The Kier molecular flexibility index (Phi) is 2.44. The smallest absolute Gasteiger partial charge is 0.0478 e. The maximum atomic E-state index is 5.73. The van der Waals surface area contributed by atoms with Crippen molar-refractivity contribution in [2.75, 3.05) is 0 Å². The molecule has 0 unspecified atom stereocenters. The summed E-state index contributed by atoms with van der Waals surface area (Å²) < 4.78 is 0. The third-order valence-electron chi connectivity index (χ3n) is 1.72. The van der Waals surface area contributed by atoms with E-state index in [0.717, 1.165) is 5.56 Å². The van der Waals surface area contributed by atoms with Gasteiger partial charge in [0.1, 0.15) is 0 Å². The highest BCUT2D eigenvalue weighted by Gasteiger charge is 1.98. The summed E-state index contributed by atoms with van der Waals surface area (Å²) in [6.45, 7) is 5.69. The van der Waals surface area contributed by atoms with Gasteiger partial charge in [-0.3, -0.25) is 0 Å². The lowest BCUT2D eigenvalue weighted by Crippen LogP contribution is -2.05. The maximum absolute atomic E-state index is 5.73. The van der Waals surface area contributed by atoms with Gasteiger partial charge in [-0.05, 0) is 12.5 Å². The van der Waals surface area contributed by atoms with Crippen molar-refractivity contribution in [2.24, 2.45) is 5.73 Å². The zero-order chi connectivity index (χ0) is 8.27. The van der Waals surface area contributed by atoms with Gasteiger partial charge in [-0.15, -0.1) is 6.58 Å². The van der Waals surface area contributed by atoms with E-state index < -0.39 is 0 Å². The molecule has 0 aromatic heterocycles. The highest BCUT2D eigenvalue weighted by molar-refractivity contribution is 5.25. The van der Waals surface area contributed by atoms with Gasteiger partial charge in [0.25, 0.3) is 0 Å². The predicted molar refractivity (Wildman–Crippen MR) is 48.3 cm³/mol. The molecule has 1 nitrogen and oxygen atoms in total. The highest BCUT2D eigenvalue weighted by Crippen LogP contribution is 2.11. The Balaban J connectivity index is 2.89. The standard InChI is InChI=1S/C10H13N/c1-3-10(11)9-6-4-8(2)5-7-9/h3-7,10H,1,11H2,2H3/t10-/m0/s1. The first-order valence-electron chi connectivity index (χ1n) is 3.68. The molecule has 0 radical (unpaired) electrons. The van der Waals surface area contributed by atoms with Crippen LogP contribution < -0.4 is 5.73 Å². The van der Waals surface area contributed by atoms with Gasteiger partial charge in [0.15, 0.2) is 0 Å². The van der Waals surface area contributed by atoms with Crippen LogP contribution in [-0.2, 0) is 0 Å². The van der Waals surface area contributed by atoms with Gasteiger partial charge < -0.3 is 5.73 Å². The molecule has 0 heterocycles. The molecule has 1 aromatic carbocycles. The van der Waals surface area contributed by atoms with Gasteiger partial charge in [0, 0.05) is 6.04 Å². The molecule has 0 aliphatic rings. The van der Waals surface area contributed by atoms with Crippen molar-refractivity contribution in [3.8, 4) is 0 Å². The molecule has 0 bridgehead atoms. The summed E-state index contributed by atoms with van der Waals surface area (Å²) in [5.74, 6) is 0. The zero-order valence-corrected chi connectivity index (χ0v) is 6.75. The van der Waals surface area contributed by atoms with Gasteiger partial charge in [-0.25, -0.2) is 0 Å². The Morgan fingerprint density at radius 2 is 1.91 bits per heavy atom. The molecule has 1 heteroatoms. The summed E-state index contributed by atoms with van der Waals surface area (Å²) in [7, 11) is 0. The van der Waals surface area contributed by atoms with Gasteiger partial charge in [0.2, 0.25) is 0 Å². The quantitative estimate of drug-likeness (QED) is 0.637. The molecule has 0 aliphatic carbocycles. The summed E-state index contributed by atoms with van der Waals surface area (Å²) in [6, 6.07) is 8.14. The maximum Gasteiger partial charge on any atom is 0.0478 e. The van der Waals surface area contributed by atoms with E-state index in [0.29, 0.717) is 0 Å². The lowest BCUT2D eigenvalue weighted by Gasteiger charge is -2.05. The van der Waals surface area contributed by atoms with Crippen LogP contribution in [0.3, 0.4) is 0 Å². The normalized spacial score (nSPS) is 12.5. The van der Waals surface area contributed by atoms with Crippen LogP contribution in [0.25, 0.3) is 0 Å². The Bertz CT molecular complexity index is 236. The molecule has 58 valence electrons. The van der Waals surface area contributed by atoms with Crippen LogP contribution in [-0.4, -0.2) is 0 Å². The fourth-order valence-electron chi connectivity index (χ4n) is 0.925. The van der Waals surface area contributed by atoms with Gasteiger partial charge in [0.05, 0.1) is 0 Å². The minimum Gasteiger partial charge on any atom is -0.321 e. The molecule has 0 spiro atoms.